The lowest BCUT2D eigenvalue weighted by atomic mass is 9.99. The lowest BCUT2D eigenvalue weighted by Crippen LogP contribution is -2.32. The number of nitrogens with one attached hydrogen (secondary N) is 2. The Labute approximate surface area is 132 Å². The van der Waals surface area contributed by atoms with Crippen molar-refractivity contribution in [2.24, 2.45) is 0 Å². The lowest BCUT2D eigenvalue weighted by molar-refractivity contribution is -0.122. The Morgan fingerprint density at radius 2 is 1.95 bits per heavy atom. The van der Waals surface area contributed by atoms with Gasteiger partial charge in [0.15, 0.2) is 0 Å². The molecule has 2 N–H and O–H groups in total. The van der Waals surface area contributed by atoms with E-state index in [1.165, 1.54) is 0 Å². The third kappa shape index (κ3) is 2.81. The third-order valence-corrected chi connectivity index (χ3v) is 4.60. The Balaban J connectivity index is 1.75. The lowest BCUT2D eigenvalue weighted by Gasteiger charge is -2.18. The van der Waals surface area contributed by atoms with Crippen LogP contribution in [0.2, 0.25) is 0 Å². The van der Waals surface area contributed by atoms with E-state index in [0.717, 1.165) is 21.3 Å². The van der Waals surface area contributed by atoms with Crippen LogP contribution < -0.4 is 10.6 Å². The first-order valence-corrected chi connectivity index (χ1v) is 7.83. The van der Waals surface area contributed by atoms with Gasteiger partial charge in [-0.05, 0) is 30.2 Å². The van der Waals surface area contributed by atoms with Crippen LogP contribution in [0.15, 0.2) is 53.0 Å². The number of rotatable bonds is 3. The van der Waals surface area contributed by atoms with Crippen LogP contribution in [-0.4, -0.2) is 12.5 Å². The van der Waals surface area contributed by atoms with Crippen molar-refractivity contribution in [3.63, 3.8) is 0 Å². The molecule has 2 atom stereocenters. The molecule has 2 aromatic rings. The molecule has 0 saturated heterocycles. The average molecular weight is 345 g/mol. The van der Waals surface area contributed by atoms with Gasteiger partial charge in [0.1, 0.15) is 0 Å². The number of carbonyl (C=O) groups excluding carboxylic acids is 1. The first kappa shape index (κ1) is 14.1. The van der Waals surface area contributed by atoms with E-state index < -0.39 is 0 Å². The van der Waals surface area contributed by atoms with Gasteiger partial charge in [0, 0.05) is 16.7 Å². The van der Waals surface area contributed by atoms with Gasteiger partial charge in [0.05, 0.1) is 12.0 Å². The molecule has 1 unspecified atom stereocenters. The van der Waals surface area contributed by atoms with Crippen molar-refractivity contribution in [1.82, 2.24) is 5.32 Å². The van der Waals surface area contributed by atoms with E-state index in [4.69, 9.17) is 0 Å². The number of hydrogen-bond acceptors (Lipinski definition) is 2. The fourth-order valence-corrected chi connectivity index (χ4v) is 3.36. The maximum atomic E-state index is 12.5. The zero-order chi connectivity index (χ0) is 14.8. The SMILES string of the molecule is C[C@@H](NC(=O)C1CNc2ccccc21)c1ccccc1Br. The van der Waals surface area contributed by atoms with Gasteiger partial charge in [-0.15, -0.1) is 0 Å². The molecule has 0 fully saturated rings. The summed E-state index contributed by atoms with van der Waals surface area (Å²) in [5.74, 6) is -0.0539. The molecule has 1 aliphatic rings. The molecule has 3 nitrogen and oxygen atoms in total. The van der Waals surface area contributed by atoms with Gasteiger partial charge < -0.3 is 10.6 Å². The molecule has 21 heavy (non-hydrogen) atoms. The maximum Gasteiger partial charge on any atom is 0.229 e. The Morgan fingerprint density at radius 3 is 2.76 bits per heavy atom. The number of fused-ring (bicyclic) bond motifs is 1. The van der Waals surface area contributed by atoms with E-state index in [1.807, 2.05) is 55.5 Å². The van der Waals surface area contributed by atoms with Crippen molar-refractivity contribution in [1.29, 1.82) is 0 Å². The summed E-state index contributed by atoms with van der Waals surface area (Å²) in [4.78, 5) is 12.5. The van der Waals surface area contributed by atoms with E-state index in [1.54, 1.807) is 0 Å². The van der Waals surface area contributed by atoms with Gasteiger partial charge >= 0.3 is 0 Å². The Bertz CT molecular complexity index is 671. The normalized spacial score (nSPS) is 17.7. The molecule has 1 aliphatic heterocycles. The van der Waals surface area contributed by atoms with Crippen molar-refractivity contribution in [2.45, 2.75) is 18.9 Å². The van der Waals surface area contributed by atoms with Gasteiger partial charge in [-0.25, -0.2) is 0 Å². The standard InChI is InChI=1S/C17H17BrN2O/c1-11(12-6-2-4-8-15(12)18)20-17(21)14-10-19-16-9-5-3-7-13(14)16/h2-9,11,14,19H,10H2,1H3,(H,20,21)/t11-,14?/m1/s1. The smallest absolute Gasteiger partial charge is 0.229 e. The molecule has 0 aliphatic carbocycles. The largest absolute Gasteiger partial charge is 0.384 e. The highest BCUT2D eigenvalue weighted by molar-refractivity contribution is 9.10. The van der Waals surface area contributed by atoms with Gasteiger partial charge in [-0.3, -0.25) is 4.79 Å². The molecule has 3 rings (SSSR count). The van der Waals surface area contributed by atoms with Crippen LogP contribution in [0, 0.1) is 0 Å². The monoisotopic (exact) mass is 344 g/mol. The molecule has 2 aromatic carbocycles. The zero-order valence-electron chi connectivity index (χ0n) is 11.8. The van der Waals surface area contributed by atoms with E-state index in [2.05, 4.69) is 26.6 Å². The molecule has 0 aromatic heterocycles. The van der Waals surface area contributed by atoms with Crippen LogP contribution in [0.5, 0.6) is 0 Å². The Morgan fingerprint density at radius 1 is 1.24 bits per heavy atom. The highest BCUT2D eigenvalue weighted by Crippen LogP contribution is 2.32. The quantitative estimate of drug-likeness (QED) is 0.888. The minimum absolute atomic E-state index is 0.0270. The number of halogens is 1. The van der Waals surface area contributed by atoms with Crippen molar-refractivity contribution in [2.75, 3.05) is 11.9 Å². The first-order chi connectivity index (χ1) is 10.2. The molecule has 108 valence electrons. The number of benzene rings is 2. The summed E-state index contributed by atoms with van der Waals surface area (Å²) in [5, 5.41) is 6.40. The van der Waals surface area contributed by atoms with Crippen LogP contribution >= 0.6 is 15.9 Å². The Kier molecular flexibility index (Phi) is 3.97. The molecular formula is C17H17BrN2O. The molecule has 0 spiro atoms. The van der Waals surface area contributed by atoms with Crippen LogP contribution in [-0.2, 0) is 4.79 Å². The van der Waals surface area contributed by atoms with E-state index in [9.17, 15) is 4.79 Å². The molecule has 4 heteroatoms. The summed E-state index contributed by atoms with van der Waals surface area (Å²) < 4.78 is 1.02. The Hall–Kier alpha value is -1.81. The van der Waals surface area contributed by atoms with Crippen LogP contribution in [0.1, 0.15) is 30.0 Å². The second-order valence-electron chi connectivity index (χ2n) is 5.27. The molecule has 0 saturated carbocycles. The molecule has 0 bridgehead atoms. The topological polar surface area (TPSA) is 41.1 Å². The van der Waals surface area contributed by atoms with Crippen molar-refractivity contribution in [3.05, 3.63) is 64.1 Å². The number of carbonyl (C=O) groups is 1. The van der Waals surface area contributed by atoms with E-state index in [0.29, 0.717) is 6.54 Å². The summed E-state index contributed by atoms with van der Waals surface area (Å²) in [6.45, 7) is 2.67. The number of hydrogen-bond donors (Lipinski definition) is 2. The second kappa shape index (κ2) is 5.90. The summed E-state index contributed by atoms with van der Waals surface area (Å²) in [6, 6.07) is 15.9. The highest BCUT2D eigenvalue weighted by atomic mass is 79.9. The van der Waals surface area contributed by atoms with Gasteiger partial charge in [0.25, 0.3) is 0 Å². The minimum Gasteiger partial charge on any atom is -0.384 e. The fourth-order valence-electron chi connectivity index (χ4n) is 2.74. The summed E-state index contributed by atoms with van der Waals surface area (Å²) >= 11 is 3.53. The zero-order valence-corrected chi connectivity index (χ0v) is 13.4. The molecule has 0 radical (unpaired) electrons. The summed E-state index contributed by atoms with van der Waals surface area (Å²) in [5.41, 5.74) is 3.23. The van der Waals surface area contributed by atoms with Crippen LogP contribution in [0.3, 0.4) is 0 Å². The molecule has 1 amide bonds. The maximum absolute atomic E-state index is 12.5. The van der Waals surface area contributed by atoms with Gasteiger partial charge in [0.2, 0.25) is 5.91 Å². The predicted octanol–water partition coefficient (Wildman–Crippen LogP) is 3.84. The first-order valence-electron chi connectivity index (χ1n) is 7.04. The summed E-state index contributed by atoms with van der Waals surface area (Å²) in [6.07, 6.45) is 0. The predicted molar refractivity (Wildman–Crippen MR) is 88.4 cm³/mol. The number of para-hydroxylation sites is 1. The summed E-state index contributed by atoms with van der Waals surface area (Å²) in [7, 11) is 0. The van der Waals surface area contributed by atoms with Crippen molar-refractivity contribution < 1.29 is 4.79 Å². The fraction of sp³-hybridized carbons (Fsp3) is 0.235. The van der Waals surface area contributed by atoms with Crippen LogP contribution in [0.4, 0.5) is 5.69 Å². The minimum atomic E-state index is -0.119. The number of amides is 1. The second-order valence-corrected chi connectivity index (χ2v) is 6.13. The third-order valence-electron chi connectivity index (χ3n) is 3.88. The highest BCUT2D eigenvalue weighted by Gasteiger charge is 2.29. The van der Waals surface area contributed by atoms with Crippen LogP contribution in [0.25, 0.3) is 0 Å². The van der Waals surface area contributed by atoms with Crippen molar-refractivity contribution in [3.8, 4) is 0 Å². The van der Waals surface area contributed by atoms with E-state index >= 15 is 0 Å². The molecule has 1 heterocycles. The van der Waals surface area contributed by atoms with Gasteiger partial charge in [-0.1, -0.05) is 52.3 Å². The number of anilines is 1. The van der Waals surface area contributed by atoms with E-state index in [-0.39, 0.29) is 17.9 Å². The van der Waals surface area contributed by atoms with Gasteiger partial charge in [-0.2, -0.15) is 0 Å². The average Bonchev–Trinajstić information content (AvgIpc) is 2.91. The van der Waals surface area contributed by atoms with Crippen molar-refractivity contribution >= 4 is 27.5 Å². The molecular weight excluding hydrogens is 328 g/mol.